The molecule has 1 atom stereocenters. The molecule has 0 aliphatic heterocycles. The first-order chi connectivity index (χ1) is 18.9. The van der Waals surface area contributed by atoms with Gasteiger partial charge >= 0.3 is 0 Å². The standard InChI is InChI=1S/C31H39N3O5S/c1-22(2)19-32-31(36)25(5)33(20-26-11-9-12-27(18-26)39-6)30(35)21-34(29-13-8-7-10-24(29)4)40(37,38)28-16-14-23(3)15-17-28/h7-18,22,25H,19-21H2,1-6H3,(H,32,36)/t25-/m0/s1. The van der Waals surface area contributed by atoms with Crippen LogP contribution in [0.25, 0.3) is 0 Å². The maximum absolute atomic E-state index is 14.0. The summed E-state index contributed by atoms with van der Waals surface area (Å²) in [5.74, 6) is 0.0305. The van der Waals surface area contributed by atoms with Crippen molar-refractivity contribution in [3.63, 3.8) is 0 Å². The summed E-state index contributed by atoms with van der Waals surface area (Å²) in [7, 11) is -2.55. The van der Waals surface area contributed by atoms with Crippen LogP contribution in [-0.2, 0) is 26.2 Å². The molecule has 3 aromatic rings. The maximum Gasteiger partial charge on any atom is 0.264 e. The Kier molecular flexibility index (Phi) is 10.3. The van der Waals surface area contributed by atoms with Crippen molar-refractivity contribution in [2.45, 2.75) is 52.1 Å². The predicted octanol–water partition coefficient (Wildman–Crippen LogP) is 4.70. The van der Waals surface area contributed by atoms with Gasteiger partial charge in [-0.15, -0.1) is 0 Å². The van der Waals surface area contributed by atoms with Crippen LogP contribution in [0.1, 0.15) is 37.5 Å². The zero-order chi connectivity index (χ0) is 29.4. The van der Waals surface area contributed by atoms with E-state index >= 15 is 0 Å². The molecule has 0 unspecified atom stereocenters. The van der Waals surface area contributed by atoms with Gasteiger partial charge in [0, 0.05) is 13.1 Å². The van der Waals surface area contributed by atoms with E-state index in [4.69, 9.17) is 4.74 Å². The number of anilines is 1. The Morgan fingerprint density at radius 2 is 1.60 bits per heavy atom. The number of carbonyl (C=O) groups excluding carboxylic acids is 2. The zero-order valence-corrected chi connectivity index (χ0v) is 24.9. The van der Waals surface area contributed by atoms with Gasteiger partial charge in [-0.25, -0.2) is 8.42 Å². The first kappa shape index (κ1) is 30.7. The van der Waals surface area contributed by atoms with Crippen molar-refractivity contribution in [2.75, 3.05) is 24.5 Å². The smallest absolute Gasteiger partial charge is 0.264 e. The lowest BCUT2D eigenvalue weighted by Gasteiger charge is -2.32. The van der Waals surface area contributed by atoms with E-state index in [0.29, 0.717) is 23.5 Å². The number of para-hydroxylation sites is 1. The van der Waals surface area contributed by atoms with Crippen molar-refractivity contribution in [1.29, 1.82) is 0 Å². The largest absolute Gasteiger partial charge is 0.497 e. The fourth-order valence-corrected chi connectivity index (χ4v) is 5.68. The van der Waals surface area contributed by atoms with E-state index in [1.807, 2.05) is 39.0 Å². The number of benzene rings is 3. The van der Waals surface area contributed by atoms with E-state index in [9.17, 15) is 18.0 Å². The molecular weight excluding hydrogens is 526 g/mol. The van der Waals surface area contributed by atoms with Gasteiger partial charge in [-0.1, -0.05) is 61.9 Å². The van der Waals surface area contributed by atoms with Crippen molar-refractivity contribution in [3.05, 3.63) is 89.5 Å². The minimum absolute atomic E-state index is 0.0798. The van der Waals surface area contributed by atoms with Crippen molar-refractivity contribution < 1.29 is 22.7 Å². The zero-order valence-electron chi connectivity index (χ0n) is 24.0. The monoisotopic (exact) mass is 565 g/mol. The van der Waals surface area contributed by atoms with Gasteiger partial charge in [0.15, 0.2) is 0 Å². The molecule has 2 amide bonds. The molecule has 0 radical (unpaired) electrons. The summed E-state index contributed by atoms with van der Waals surface area (Å²) in [6.45, 7) is 9.38. The highest BCUT2D eigenvalue weighted by atomic mass is 32.2. The third-order valence-electron chi connectivity index (χ3n) is 6.61. The van der Waals surface area contributed by atoms with E-state index in [2.05, 4.69) is 5.32 Å². The topological polar surface area (TPSA) is 96.0 Å². The average molecular weight is 566 g/mol. The van der Waals surface area contributed by atoms with E-state index < -0.39 is 28.5 Å². The van der Waals surface area contributed by atoms with E-state index in [1.165, 1.54) is 17.0 Å². The molecule has 0 saturated heterocycles. The minimum atomic E-state index is -4.11. The SMILES string of the molecule is COc1cccc(CN(C(=O)CN(c2ccccc2C)S(=O)(=O)c2ccc(C)cc2)[C@@H](C)C(=O)NCC(C)C)c1. The van der Waals surface area contributed by atoms with Gasteiger partial charge in [-0.3, -0.25) is 13.9 Å². The molecule has 9 heteroatoms. The highest BCUT2D eigenvalue weighted by Gasteiger charge is 2.33. The molecule has 1 N–H and O–H groups in total. The van der Waals surface area contributed by atoms with Gasteiger partial charge in [-0.2, -0.15) is 0 Å². The third-order valence-corrected chi connectivity index (χ3v) is 8.38. The second kappa shape index (κ2) is 13.5. The van der Waals surface area contributed by atoms with Crippen molar-refractivity contribution in [2.24, 2.45) is 5.92 Å². The van der Waals surface area contributed by atoms with Crippen molar-refractivity contribution in [1.82, 2.24) is 10.2 Å². The summed E-state index contributed by atoms with van der Waals surface area (Å²) < 4.78 is 34.3. The molecule has 0 fully saturated rings. The van der Waals surface area contributed by atoms with Crippen molar-refractivity contribution >= 4 is 27.5 Å². The molecule has 214 valence electrons. The van der Waals surface area contributed by atoms with Crippen LogP contribution in [0.2, 0.25) is 0 Å². The van der Waals surface area contributed by atoms with Crippen molar-refractivity contribution in [3.8, 4) is 5.75 Å². The summed E-state index contributed by atoms with van der Waals surface area (Å²) in [5, 5.41) is 2.89. The lowest BCUT2D eigenvalue weighted by molar-refractivity contribution is -0.139. The van der Waals surface area contributed by atoms with Crippen LogP contribution >= 0.6 is 0 Å². The predicted molar refractivity (Wildman–Crippen MR) is 158 cm³/mol. The fourth-order valence-electron chi connectivity index (χ4n) is 4.20. The van der Waals surface area contributed by atoms with E-state index in [0.717, 1.165) is 15.4 Å². The summed E-state index contributed by atoms with van der Waals surface area (Å²) in [6.07, 6.45) is 0. The van der Waals surface area contributed by atoms with Crippen LogP contribution in [0.3, 0.4) is 0 Å². The summed E-state index contributed by atoms with van der Waals surface area (Å²) in [6, 6.07) is 19.9. The van der Waals surface area contributed by atoms with E-state index in [1.54, 1.807) is 63.4 Å². The number of ether oxygens (including phenoxy) is 1. The number of nitrogens with zero attached hydrogens (tertiary/aromatic N) is 2. The highest BCUT2D eigenvalue weighted by Crippen LogP contribution is 2.27. The molecule has 3 rings (SSSR count). The Bertz CT molecular complexity index is 1420. The molecule has 0 saturated carbocycles. The maximum atomic E-state index is 14.0. The average Bonchev–Trinajstić information content (AvgIpc) is 2.93. The summed E-state index contributed by atoms with van der Waals surface area (Å²) >= 11 is 0. The Morgan fingerprint density at radius 1 is 0.925 bits per heavy atom. The molecule has 0 aliphatic carbocycles. The number of amides is 2. The Morgan fingerprint density at radius 3 is 2.23 bits per heavy atom. The normalized spacial score (nSPS) is 12.1. The molecule has 0 heterocycles. The molecule has 40 heavy (non-hydrogen) atoms. The van der Waals surface area contributed by atoms with Gasteiger partial charge in [0.25, 0.3) is 10.0 Å². The van der Waals surface area contributed by atoms with Crippen LogP contribution < -0.4 is 14.4 Å². The van der Waals surface area contributed by atoms with Crippen LogP contribution in [-0.4, -0.2) is 51.4 Å². The number of hydrogen-bond donors (Lipinski definition) is 1. The molecule has 0 aliphatic rings. The van der Waals surface area contributed by atoms with Gasteiger partial charge in [0.05, 0.1) is 17.7 Å². The Balaban J connectivity index is 2.03. The number of hydrogen-bond acceptors (Lipinski definition) is 5. The summed E-state index contributed by atoms with van der Waals surface area (Å²) in [5.41, 5.74) is 2.77. The number of sulfonamides is 1. The molecule has 3 aromatic carbocycles. The number of nitrogens with one attached hydrogen (secondary N) is 1. The molecule has 8 nitrogen and oxygen atoms in total. The number of methoxy groups -OCH3 is 1. The number of carbonyl (C=O) groups is 2. The molecule has 0 aromatic heterocycles. The van der Waals surface area contributed by atoms with E-state index in [-0.39, 0.29) is 23.3 Å². The van der Waals surface area contributed by atoms with Gasteiger partial charge in [-0.05, 0) is 68.1 Å². The first-order valence-corrected chi connectivity index (χ1v) is 14.7. The molecular formula is C31H39N3O5S. The van der Waals surface area contributed by atoms with Crippen LogP contribution in [0.15, 0.2) is 77.7 Å². The molecule has 0 spiro atoms. The van der Waals surface area contributed by atoms with Gasteiger partial charge in [0.1, 0.15) is 18.3 Å². The fraction of sp³-hybridized carbons (Fsp3) is 0.355. The Labute approximate surface area is 238 Å². The third kappa shape index (κ3) is 7.63. The lowest BCUT2D eigenvalue weighted by Crippen LogP contribution is -2.51. The minimum Gasteiger partial charge on any atom is -0.497 e. The second-order valence-electron chi connectivity index (χ2n) is 10.3. The van der Waals surface area contributed by atoms with Crippen LogP contribution in [0, 0.1) is 19.8 Å². The van der Waals surface area contributed by atoms with Gasteiger partial charge < -0.3 is 15.0 Å². The lowest BCUT2D eigenvalue weighted by atomic mass is 10.1. The first-order valence-electron chi connectivity index (χ1n) is 13.3. The second-order valence-corrected chi connectivity index (χ2v) is 12.2. The van der Waals surface area contributed by atoms with Crippen LogP contribution in [0.5, 0.6) is 5.75 Å². The quantitative estimate of drug-likeness (QED) is 0.344. The highest BCUT2D eigenvalue weighted by molar-refractivity contribution is 7.92. The van der Waals surface area contributed by atoms with Crippen LogP contribution in [0.4, 0.5) is 5.69 Å². The molecule has 0 bridgehead atoms. The Hall–Kier alpha value is -3.85. The number of aryl methyl sites for hydroxylation is 2. The van der Waals surface area contributed by atoms with Gasteiger partial charge in [0.2, 0.25) is 11.8 Å². The summed E-state index contributed by atoms with van der Waals surface area (Å²) in [4.78, 5) is 28.6. The number of rotatable bonds is 12.